The van der Waals surface area contributed by atoms with Gasteiger partial charge in [-0.3, -0.25) is 0 Å². The summed E-state index contributed by atoms with van der Waals surface area (Å²) in [6.45, 7) is 5.44. The molecule has 0 bridgehead atoms. The number of aromatic nitrogens is 2. The highest BCUT2D eigenvalue weighted by atomic mass is 35.5. The number of hydrogen-bond acceptors (Lipinski definition) is 5. The van der Waals surface area contributed by atoms with Crippen molar-refractivity contribution >= 4 is 27.4 Å². The summed E-state index contributed by atoms with van der Waals surface area (Å²) in [5, 5.41) is 0.495. The fourth-order valence-electron chi connectivity index (χ4n) is 3.93. The lowest BCUT2D eigenvalue weighted by atomic mass is 10.0. The Kier molecular flexibility index (Phi) is 6.46. The third-order valence-electron chi connectivity index (χ3n) is 5.56. The lowest BCUT2D eigenvalue weighted by Crippen LogP contribution is -2.49. The van der Waals surface area contributed by atoms with Gasteiger partial charge in [0.2, 0.25) is 10.0 Å². The molecule has 1 aliphatic heterocycles. The molecule has 6 nitrogen and oxygen atoms in total. The molecule has 0 unspecified atom stereocenters. The summed E-state index contributed by atoms with van der Waals surface area (Å²) in [4.78, 5) is 11.5. The minimum absolute atomic E-state index is 0.232. The Labute approximate surface area is 192 Å². The first kappa shape index (κ1) is 22.6. The predicted octanol–water partition coefficient (Wildman–Crippen LogP) is 3.99. The van der Waals surface area contributed by atoms with Gasteiger partial charge in [-0.2, -0.15) is 4.31 Å². The summed E-state index contributed by atoms with van der Waals surface area (Å²) in [7, 11) is -3.59. The van der Waals surface area contributed by atoms with Crippen molar-refractivity contribution in [2.24, 2.45) is 0 Å². The van der Waals surface area contributed by atoms with Crippen molar-refractivity contribution in [3.05, 3.63) is 82.0 Å². The maximum Gasteiger partial charge on any atom is 0.243 e. The largest absolute Gasteiger partial charge is 0.354 e. The van der Waals surface area contributed by atoms with Crippen molar-refractivity contribution in [2.75, 3.05) is 31.1 Å². The SMILES string of the molecule is Cc1nc(C)c(Cc2cccc(F)c2)c(N2CCN(S(=O)(=O)c3ccc(Cl)cc3)CC2)n1. The van der Waals surface area contributed by atoms with Crippen LogP contribution >= 0.6 is 11.6 Å². The van der Waals surface area contributed by atoms with Crippen molar-refractivity contribution in [1.29, 1.82) is 0 Å². The number of sulfonamides is 1. The van der Waals surface area contributed by atoms with Crippen LogP contribution in [0.1, 0.15) is 22.6 Å². The Bertz CT molecular complexity index is 1230. The predicted molar refractivity (Wildman–Crippen MR) is 123 cm³/mol. The third kappa shape index (κ3) is 4.77. The standard InChI is InChI=1S/C23H24ClFN4O2S/c1-16-22(15-18-4-3-5-20(25)14-18)23(27-17(2)26-16)28-10-12-29(13-11-28)32(30,31)21-8-6-19(24)7-9-21/h3-9,14H,10-13,15H2,1-2H3. The van der Waals surface area contributed by atoms with Crippen LogP contribution in [0.3, 0.4) is 0 Å². The second-order valence-electron chi connectivity index (χ2n) is 7.81. The van der Waals surface area contributed by atoms with E-state index in [1.165, 1.54) is 28.6 Å². The topological polar surface area (TPSA) is 66.4 Å². The molecule has 1 aromatic heterocycles. The normalized spacial score (nSPS) is 15.2. The number of halogens is 2. The zero-order valence-corrected chi connectivity index (χ0v) is 19.5. The summed E-state index contributed by atoms with van der Waals surface area (Å²) in [5.74, 6) is 1.15. The molecule has 1 aliphatic rings. The number of hydrogen-bond donors (Lipinski definition) is 0. The summed E-state index contributed by atoms with van der Waals surface area (Å²) in [6.07, 6.45) is 0.502. The smallest absolute Gasteiger partial charge is 0.243 e. The van der Waals surface area contributed by atoms with E-state index in [2.05, 4.69) is 14.9 Å². The van der Waals surface area contributed by atoms with E-state index in [0.29, 0.717) is 43.4 Å². The summed E-state index contributed by atoms with van der Waals surface area (Å²) < 4.78 is 41.2. The van der Waals surface area contributed by atoms with Crippen LogP contribution in [-0.2, 0) is 16.4 Å². The Morgan fingerprint density at radius 3 is 2.34 bits per heavy atom. The van der Waals surface area contributed by atoms with Crippen LogP contribution in [0.5, 0.6) is 0 Å². The average Bonchev–Trinajstić information content (AvgIpc) is 2.76. The summed E-state index contributed by atoms with van der Waals surface area (Å²) in [5.41, 5.74) is 2.61. The molecule has 32 heavy (non-hydrogen) atoms. The van der Waals surface area contributed by atoms with Gasteiger partial charge in [-0.25, -0.2) is 22.8 Å². The lowest BCUT2D eigenvalue weighted by molar-refractivity contribution is 0.383. The van der Waals surface area contributed by atoms with Crippen LogP contribution in [0.2, 0.25) is 5.02 Å². The van der Waals surface area contributed by atoms with Crippen LogP contribution < -0.4 is 4.90 Å². The van der Waals surface area contributed by atoms with E-state index in [-0.39, 0.29) is 10.7 Å². The van der Waals surface area contributed by atoms with Gasteiger partial charge in [-0.05, 0) is 55.8 Å². The minimum Gasteiger partial charge on any atom is -0.354 e. The number of aryl methyl sites for hydroxylation is 2. The molecule has 0 spiro atoms. The first-order chi connectivity index (χ1) is 15.2. The molecule has 2 aromatic carbocycles. The third-order valence-corrected chi connectivity index (χ3v) is 7.73. The molecule has 0 N–H and O–H groups in total. The van der Waals surface area contributed by atoms with Crippen LogP contribution in [-0.4, -0.2) is 48.9 Å². The second-order valence-corrected chi connectivity index (χ2v) is 10.2. The molecule has 1 fully saturated rings. The van der Waals surface area contributed by atoms with Crippen molar-refractivity contribution in [3.8, 4) is 0 Å². The maximum absolute atomic E-state index is 13.7. The van der Waals surface area contributed by atoms with Crippen LogP contribution in [0.15, 0.2) is 53.4 Å². The van der Waals surface area contributed by atoms with Crippen LogP contribution in [0.4, 0.5) is 10.2 Å². The summed E-state index contributed by atoms with van der Waals surface area (Å²) in [6, 6.07) is 12.7. The monoisotopic (exact) mass is 474 g/mol. The van der Waals surface area contributed by atoms with Crippen molar-refractivity contribution < 1.29 is 12.8 Å². The molecule has 1 saturated heterocycles. The first-order valence-electron chi connectivity index (χ1n) is 10.3. The zero-order chi connectivity index (χ0) is 22.9. The van der Waals surface area contributed by atoms with Crippen molar-refractivity contribution in [3.63, 3.8) is 0 Å². The number of benzene rings is 2. The van der Waals surface area contributed by atoms with E-state index in [4.69, 9.17) is 11.6 Å². The van der Waals surface area contributed by atoms with E-state index in [0.717, 1.165) is 22.6 Å². The zero-order valence-electron chi connectivity index (χ0n) is 17.9. The van der Waals surface area contributed by atoms with Crippen molar-refractivity contribution in [1.82, 2.24) is 14.3 Å². The minimum atomic E-state index is -3.59. The molecule has 168 valence electrons. The average molecular weight is 475 g/mol. The molecule has 4 rings (SSSR count). The van der Waals surface area contributed by atoms with Gasteiger partial charge >= 0.3 is 0 Å². The Hall–Kier alpha value is -2.55. The van der Waals surface area contributed by atoms with Gasteiger partial charge in [0, 0.05) is 48.9 Å². The fourth-order valence-corrected chi connectivity index (χ4v) is 5.48. The van der Waals surface area contributed by atoms with Gasteiger partial charge in [-0.1, -0.05) is 23.7 Å². The molecule has 0 aliphatic carbocycles. The highest BCUT2D eigenvalue weighted by Crippen LogP contribution is 2.27. The van der Waals surface area contributed by atoms with Gasteiger partial charge < -0.3 is 4.90 Å². The molecular formula is C23H24ClFN4O2S. The first-order valence-corrected chi connectivity index (χ1v) is 12.1. The van der Waals surface area contributed by atoms with Crippen molar-refractivity contribution in [2.45, 2.75) is 25.2 Å². The van der Waals surface area contributed by atoms with Gasteiger partial charge in [0.1, 0.15) is 17.5 Å². The van der Waals surface area contributed by atoms with Crippen LogP contribution in [0, 0.1) is 19.7 Å². The van der Waals surface area contributed by atoms with Crippen LogP contribution in [0.25, 0.3) is 0 Å². The maximum atomic E-state index is 13.7. The molecule has 0 radical (unpaired) electrons. The van der Waals surface area contributed by atoms with Gasteiger partial charge in [0.15, 0.2) is 0 Å². The second kappa shape index (κ2) is 9.13. The Balaban J connectivity index is 1.56. The van der Waals surface area contributed by atoms with E-state index >= 15 is 0 Å². The van der Waals surface area contributed by atoms with E-state index < -0.39 is 10.0 Å². The van der Waals surface area contributed by atoms with Gasteiger partial charge in [0.05, 0.1) is 4.90 Å². The molecule has 9 heteroatoms. The van der Waals surface area contributed by atoms with Gasteiger partial charge in [-0.15, -0.1) is 0 Å². The fraction of sp³-hybridized carbons (Fsp3) is 0.304. The Morgan fingerprint density at radius 2 is 1.69 bits per heavy atom. The molecule has 3 aromatic rings. The van der Waals surface area contributed by atoms with E-state index in [1.54, 1.807) is 18.2 Å². The quantitative estimate of drug-likeness (QED) is 0.559. The lowest BCUT2D eigenvalue weighted by Gasteiger charge is -2.36. The van der Waals surface area contributed by atoms with Gasteiger partial charge in [0.25, 0.3) is 0 Å². The number of piperazine rings is 1. The van der Waals surface area contributed by atoms with E-state index in [9.17, 15) is 12.8 Å². The molecular weight excluding hydrogens is 451 g/mol. The summed E-state index contributed by atoms with van der Waals surface area (Å²) >= 11 is 5.89. The number of rotatable bonds is 5. The molecule has 2 heterocycles. The number of anilines is 1. The molecule has 0 saturated carbocycles. The molecule has 0 amide bonds. The molecule has 0 atom stereocenters. The van der Waals surface area contributed by atoms with E-state index in [1.807, 2.05) is 19.9 Å². The number of nitrogens with zero attached hydrogens (tertiary/aromatic N) is 4. The Morgan fingerprint density at radius 1 is 1.00 bits per heavy atom. The highest BCUT2D eigenvalue weighted by Gasteiger charge is 2.30. The highest BCUT2D eigenvalue weighted by molar-refractivity contribution is 7.89.